The summed E-state index contributed by atoms with van der Waals surface area (Å²) in [7, 11) is 1.32. The van der Waals surface area contributed by atoms with E-state index in [4.69, 9.17) is 9.72 Å². The Balaban J connectivity index is 1.69. The van der Waals surface area contributed by atoms with Gasteiger partial charge in [0.2, 0.25) is 0 Å². The monoisotopic (exact) mass is 623 g/mol. The third-order valence-corrected chi connectivity index (χ3v) is 6.99. The van der Waals surface area contributed by atoms with E-state index in [-0.39, 0.29) is 18.1 Å². The number of ether oxygens (including phenoxy) is 2. The molecule has 1 fully saturated rings. The van der Waals surface area contributed by atoms with Crippen LogP contribution >= 0.6 is 38.5 Å². The van der Waals surface area contributed by atoms with Crippen molar-refractivity contribution in [2.24, 2.45) is 5.10 Å². The normalized spacial score (nSPS) is 14.6. The molecule has 0 aliphatic heterocycles. The predicted octanol–water partition coefficient (Wildman–Crippen LogP) is 5.25. The van der Waals surface area contributed by atoms with E-state index in [0.717, 1.165) is 45.1 Å². The maximum absolute atomic E-state index is 13.4. The Kier molecular flexibility index (Phi) is 7.79. The summed E-state index contributed by atoms with van der Waals surface area (Å²) in [5.41, 5.74) is 1.32. The minimum atomic E-state index is -0.443. The molecule has 0 unspecified atom stereocenters. The Morgan fingerprint density at radius 1 is 1.24 bits per heavy atom. The summed E-state index contributed by atoms with van der Waals surface area (Å²) in [5.74, 6) is 1.07. The van der Waals surface area contributed by atoms with Crippen molar-refractivity contribution in [3.8, 4) is 5.75 Å². The van der Waals surface area contributed by atoms with E-state index < -0.39 is 5.97 Å². The standard InChI is InChI=1S/C24H23BrIN3O4/c1-32-22(30)14-33-21-10-7-15(11-19(21)26)13-27-29-23(16-5-3-2-4-6-16)28-20-9-8-17(25)12-18(20)24(29)31/h7-13,16H,2-6,14H2,1H3. The molecule has 1 aliphatic rings. The van der Waals surface area contributed by atoms with Gasteiger partial charge in [0.05, 0.1) is 27.8 Å². The highest BCUT2D eigenvalue weighted by Crippen LogP contribution is 2.32. The van der Waals surface area contributed by atoms with Crippen molar-refractivity contribution < 1.29 is 14.3 Å². The molecule has 2 aromatic carbocycles. The molecule has 33 heavy (non-hydrogen) atoms. The molecule has 0 radical (unpaired) electrons. The van der Waals surface area contributed by atoms with Gasteiger partial charge in [-0.05, 0) is 77.4 Å². The van der Waals surface area contributed by atoms with Crippen LogP contribution in [0, 0.1) is 3.57 Å². The first kappa shape index (κ1) is 23.9. The largest absolute Gasteiger partial charge is 0.481 e. The minimum Gasteiger partial charge on any atom is -0.481 e. The highest BCUT2D eigenvalue weighted by atomic mass is 127. The second-order valence-electron chi connectivity index (χ2n) is 7.88. The van der Waals surface area contributed by atoms with Crippen LogP contribution in [0.1, 0.15) is 49.4 Å². The predicted molar refractivity (Wildman–Crippen MR) is 139 cm³/mol. The zero-order valence-corrected chi connectivity index (χ0v) is 21.8. The van der Waals surface area contributed by atoms with Crippen LogP contribution in [-0.4, -0.2) is 35.6 Å². The van der Waals surface area contributed by atoms with Crippen molar-refractivity contribution in [3.05, 3.63) is 66.2 Å². The van der Waals surface area contributed by atoms with E-state index in [1.54, 1.807) is 18.3 Å². The molecule has 0 bridgehead atoms. The van der Waals surface area contributed by atoms with E-state index in [9.17, 15) is 9.59 Å². The van der Waals surface area contributed by atoms with Gasteiger partial charge >= 0.3 is 5.97 Å². The molecule has 9 heteroatoms. The van der Waals surface area contributed by atoms with Gasteiger partial charge in [0.25, 0.3) is 5.56 Å². The van der Waals surface area contributed by atoms with Crippen molar-refractivity contribution in [1.29, 1.82) is 0 Å². The minimum absolute atomic E-state index is 0.154. The lowest BCUT2D eigenvalue weighted by molar-refractivity contribution is -0.142. The Bertz CT molecular complexity index is 1270. The van der Waals surface area contributed by atoms with Crippen LogP contribution in [-0.2, 0) is 9.53 Å². The molecule has 0 N–H and O–H groups in total. The zero-order chi connectivity index (χ0) is 23.4. The average Bonchev–Trinajstić information content (AvgIpc) is 2.83. The second-order valence-corrected chi connectivity index (χ2v) is 9.96. The van der Waals surface area contributed by atoms with Crippen LogP contribution in [0.4, 0.5) is 0 Å². The van der Waals surface area contributed by atoms with Crippen LogP contribution < -0.4 is 10.3 Å². The van der Waals surface area contributed by atoms with Gasteiger partial charge in [-0.15, -0.1) is 0 Å². The first-order chi connectivity index (χ1) is 16.0. The number of benzene rings is 2. The summed E-state index contributed by atoms with van der Waals surface area (Å²) in [4.78, 5) is 29.6. The Hall–Kier alpha value is -2.27. The SMILES string of the molecule is COC(=O)COc1ccc(C=Nn2c(C3CCCCC3)nc3ccc(Br)cc3c2=O)cc1I. The van der Waals surface area contributed by atoms with Gasteiger partial charge < -0.3 is 9.47 Å². The van der Waals surface area contributed by atoms with Crippen LogP contribution in [0.25, 0.3) is 10.9 Å². The fraction of sp³-hybridized carbons (Fsp3) is 0.333. The molecule has 1 saturated carbocycles. The van der Waals surface area contributed by atoms with Crippen LogP contribution in [0.15, 0.2) is 50.8 Å². The molecule has 7 nitrogen and oxygen atoms in total. The molecule has 1 aliphatic carbocycles. The van der Waals surface area contributed by atoms with E-state index in [0.29, 0.717) is 16.7 Å². The summed E-state index contributed by atoms with van der Waals surface area (Å²) < 4.78 is 13.2. The van der Waals surface area contributed by atoms with Crippen molar-refractivity contribution in [3.63, 3.8) is 0 Å². The van der Waals surface area contributed by atoms with Gasteiger partial charge in [0.15, 0.2) is 6.61 Å². The number of carbonyl (C=O) groups is 1. The highest BCUT2D eigenvalue weighted by Gasteiger charge is 2.22. The Morgan fingerprint density at radius 2 is 2.03 bits per heavy atom. The number of methoxy groups -OCH3 is 1. The molecule has 0 amide bonds. The van der Waals surface area contributed by atoms with Gasteiger partial charge in [-0.25, -0.2) is 9.78 Å². The summed E-state index contributed by atoms with van der Waals surface area (Å²) in [6, 6.07) is 11.0. The van der Waals surface area contributed by atoms with E-state index in [2.05, 4.69) is 48.4 Å². The maximum atomic E-state index is 13.4. The number of aromatic nitrogens is 2. The van der Waals surface area contributed by atoms with Gasteiger partial charge in [0, 0.05) is 10.4 Å². The maximum Gasteiger partial charge on any atom is 0.343 e. The van der Waals surface area contributed by atoms with Crippen LogP contribution in [0.5, 0.6) is 5.75 Å². The molecule has 0 atom stereocenters. The number of hydrogen-bond acceptors (Lipinski definition) is 6. The van der Waals surface area contributed by atoms with Crippen molar-refractivity contribution in [1.82, 2.24) is 9.66 Å². The molecule has 1 heterocycles. The molecule has 1 aromatic heterocycles. The summed E-state index contributed by atoms with van der Waals surface area (Å²) in [5, 5.41) is 5.10. The molecular weight excluding hydrogens is 601 g/mol. The van der Waals surface area contributed by atoms with Crippen LogP contribution in [0.3, 0.4) is 0 Å². The number of fused-ring (bicyclic) bond motifs is 1. The lowest BCUT2D eigenvalue weighted by Gasteiger charge is -2.22. The fourth-order valence-electron chi connectivity index (χ4n) is 3.94. The lowest BCUT2D eigenvalue weighted by Crippen LogP contribution is -2.25. The number of halogens is 2. The Labute approximate surface area is 213 Å². The van der Waals surface area contributed by atoms with E-state index in [1.807, 2.05) is 24.3 Å². The fourth-order valence-corrected chi connectivity index (χ4v) is 4.99. The van der Waals surface area contributed by atoms with Crippen LogP contribution in [0.2, 0.25) is 0 Å². The quantitative estimate of drug-likeness (QED) is 0.213. The summed E-state index contributed by atoms with van der Waals surface area (Å²) in [6.45, 7) is -0.154. The third kappa shape index (κ3) is 5.63. The molecule has 0 spiro atoms. The van der Waals surface area contributed by atoms with Crippen molar-refractivity contribution in [2.45, 2.75) is 38.0 Å². The number of carbonyl (C=O) groups excluding carboxylic acids is 1. The first-order valence-electron chi connectivity index (χ1n) is 10.7. The van der Waals surface area contributed by atoms with Crippen molar-refractivity contribution >= 4 is 61.6 Å². The average molecular weight is 624 g/mol. The number of hydrogen-bond donors (Lipinski definition) is 0. The number of esters is 1. The number of nitrogens with zero attached hydrogens (tertiary/aromatic N) is 3. The second kappa shape index (κ2) is 10.8. The summed E-state index contributed by atoms with van der Waals surface area (Å²) in [6.07, 6.45) is 7.16. The topological polar surface area (TPSA) is 82.8 Å². The highest BCUT2D eigenvalue weighted by molar-refractivity contribution is 14.1. The molecule has 172 valence electrons. The molecule has 4 rings (SSSR count). The van der Waals surface area contributed by atoms with Gasteiger partial charge in [-0.1, -0.05) is 35.2 Å². The van der Waals surface area contributed by atoms with E-state index in [1.165, 1.54) is 18.2 Å². The lowest BCUT2D eigenvalue weighted by atomic mass is 9.88. The van der Waals surface area contributed by atoms with E-state index >= 15 is 0 Å². The molecule has 3 aromatic rings. The summed E-state index contributed by atoms with van der Waals surface area (Å²) >= 11 is 5.58. The van der Waals surface area contributed by atoms with Gasteiger partial charge in [-0.3, -0.25) is 4.79 Å². The Morgan fingerprint density at radius 3 is 2.76 bits per heavy atom. The molecule has 0 saturated heterocycles. The van der Waals surface area contributed by atoms with Gasteiger partial charge in [-0.2, -0.15) is 9.78 Å². The first-order valence-corrected chi connectivity index (χ1v) is 12.6. The third-order valence-electron chi connectivity index (χ3n) is 5.66. The number of rotatable bonds is 6. The van der Waals surface area contributed by atoms with Gasteiger partial charge in [0.1, 0.15) is 11.6 Å². The smallest absolute Gasteiger partial charge is 0.343 e. The molecular formula is C24H23BrIN3O4. The zero-order valence-electron chi connectivity index (χ0n) is 18.1. The van der Waals surface area contributed by atoms with Crippen molar-refractivity contribution in [2.75, 3.05) is 13.7 Å².